The minimum Gasteiger partial charge on any atom is -0.471 e. The van der Waals surface area contributed by atoms with Gasteiger partial charge in [0.1, 0.15) is 11.8 Å². The zero-order valence-electron chi connectivity index (χ0n) is 13.6. The molecule has 4 rings (SSSR count). The first-order valence-corrected chi connectivity index (χ1v) is 8.34. The lowest BCUT2D eigenvalue weighted by molar-refractivity contribution is -0.122. The highest BCUT2D eigenvalue weighted by atomic mass is 16.5. The lowest BCUT2D eigenvalue weighted by Gasteiger charge is -2.34. The van der Waals surface area contributed by atoms with Gasteiger partial charge in [-0.2, -0.15) is 0 Å². The molecule has 5 nitrogen and oxygen atoms in total. The quantitative estimate of drug-likeness (QED) is 0.852. The molecule has 5 heteroatoms. The standard InChI is InChI=1S/C19H20N2O3/c1-13-12-21(16-7-4-9-20-19(16)24-13)18(22)11-17-15-6-3-2-5-14(15)8-10-23-17/h2-7,9,13,17H,8,10-12H2,1H3. The van der Waals surface area contributed by atoms with Gasteiger partial charge in [0.25, 0.3) is 0 Å². The number of anilines is 1. The van der Waals surface area contributed by atoms with Gasteiger partial charge in [-0.05, 0) is 36.6 Å². The molecule has 0 fully saturated rings. The molecule has 2 unspecified atom stereocenters. The van der Waals surface area contributed by atoms with Crippen molar-refractivity contribution in [1.29, 1.82) is 0 Å². The number of fused-ring (bicyclic) bond motifs is 2. The number of benzene rings is 1. The van der Waals surface area contributed by atoms with Crippen molar-refractivity contribution in [1.82, 2.24) is 4.98 Å². The maximum Gasteiger partial charge on any atom is 0.238 e. The molecule has 1 amide bonds. The van der Waals surface area contributed by atoms with Crippen molar-refractivity contribution < 1.29 is 14.3 Å². The summed E-state index contributed by atoms with van der Waals surface area (Å²) in [7, 11) is 0. The molecule has 0 N–H and O–H groups in total. The van der Waals surface area contributed by atoms with Crippen LogP contribution in [-0.2, 0) is 16.0 Å². The predicted molar refractivity (Wildman–Crippen MR) is 90.1 cm³/mol. The molecule has 2 aliphatic rings. The van der Waals surface area contributed by atoms with E-state index < -0.39 is 0 Å². The zero-order valence-corrected chi connectivity index (χ0v) is 13.6. The normalized spacial score (nSPS) is 22.3. The van der Waals surface area contributed by atoms with Gasteiger partial charge in [-0.3, -0.25) is 4.79 Å². The third-order valence-corrected chi connectivity index (χ3v) is 4.55. The van der Waals surface area contributed by atoms with E-state index in [1.165, 1.54) is 5.56 Å². The minimum absolute atomic E-state index is 0.0427. The van der Waals surface area contributed by atoms with E-state index in [0.717, 1.165) is 17.7 Å². The highest BCUT2D eigenvalue weighted by Crippen LogP contribution is 2.34. The highest BCUT2D eigenvalue weighted by Gasteiger charge is 2.31. The first kappa shape index (κ1) is 15.1. The van der Waals surface area contributed by atoms with Gasteiger partial charge in [-0.15, -0.1) is 0 Å². The summed E-state index contributed by atoms with van der Waals surface area (Å²) in [5.74, 6) is 0.565. The molecule has 2 aromatic rings. The lowest BCUT2D eigenvalue weighted by Crippen LogP contribution is -2.43. The number of nitrogens with zero attached hydrogens (tertiary/aromatic N) is 2. The van der Waals surface area contributed by atoms with Crippen molar-refractivity contribution in [3.63, 3.8) is 0 Å². The number of ether oxygens (including phenoxy) is 2. The summed E-state index contributed by atoms with van der Waals surface area (Å²) in [6.07, 6.45) is 2.66. The summed E-state index contributed by atoms with van der Waals surface area (Å²) in [4.78, 5) is 19.0. The largest absolute Gasteiger partial charge is 0.471 e. The summed E-state index contributed by atoms with van der Waals surface area (Å²) in [6, 6.07) is 11.9. The Morgan fingerprint density at radius 2 is 2.17 bits per heavy atom. The van der Waals surface area contributed by atoms with Gasteiger partial charge in [-0.25, -0.2) is 4.98 Å². The Balaban J connectivity index is 1.58. The van der Waals surface area contributed by atoms with Crippen molar-refractivity contribution in [2.75, 3.05) is 18.1 Å². The number of hydrogen-bond donors (Lipinski definition) is 0. The Morgan fingerprint density at radius 3 is 3.08 bits per heavy atom. The number of pyridine rings is 1. The van der Waals surface area contributed by atoms with E-state index in [1.54, 1.807) is 11.1 Å². The first-order chi connectivity index (χ1) is 11.7. The van der Waals surface area contributed by atoms with Gasteiger partial charge in [0, 0.05) is 6.20 Å². The van der Waals surface area contributed by atoms with Gasteiger partial charge < -0.3 is 14.4 Å². The molecule has 0 saturated carbocycles. The van der Waals surface area contributed by atoms with E-state index in [2.05, 4.69) is 17.1 Å². The van der Waals surface area contributed by atoms with E-state index in [0.29, 0.717) is 25.5 Å². The van der Waals surface area contributed by atoms with Crippen molar-refractivity contribution in [2.45, 2.75) is 32.0 Å². The van der Waals surface area contributed by atoms with Crippen LogP contribution in [0.4, 0.5) is 5.69 Å². The van der Waals surface area contributed by atoms with Crippen LogP contribution in [0.3, 0.4) is 0 Å². The van der Waals surface area contributed by atoms with Crippen molar-refractivity contribution in [3.05, 3.63) is 53.7 Å². The van der Waals surface area contributed by atoms with E-state index in [4.69, 9.17) is 9.47 Å². The summed E-state index contributed by atoms with van der Waals surface area (Å²) < 4.78 is 11.6. The maximum absolute atomic E-state index is 12.9. The molecule has 3 heterocycles. The fourth-order valence-electron chi connectivity index (χ4n) is 3.41. The summed E-state index contributed by atoms with van der Waals surface area (Å²) in [6.45, 7) is 3.14. The molecule has 2 atom stereocenters. The third-order valence-electron chi connectivity index (χ3n) is 4.55. The molecule has 124 valence electrons. The first-order valence-electron chi connectivity index (χ1n) is 8.34. The van der Waals surface area contributed by atoms with Gasteiger partial charge in [0.15, 0.2) is 0 Å². The Labute approximate surface area is 141 Å². The van der Waals surface area contributed by atoms with Crippen LogP contribution in [-0.4, -0.2) is 30.1 Å². The summed E-state index contributed by atoms with van der Waals surface area (Å²) in [5, 5.41) is 0. The molecule has 0 radical (unpaired) electrons. The molecule has 1 aromatic carbocycles. The fraction of sp³-hybridized carbons (Fsp3) is 0.368. The van der Waals surface area contributed by atoms with Gasteiger partial charge >= 0.3 is 0 Å². The number of rotatable bonds is 2. The number of carbonyl (C=O) groups excluding carboxylic acids is 1. The van der Waals surface area contributed by atoms with E-state index >= 15 is 0 Å². The van der Waals surface area contributed by atoms with Crippen molar-refractivity contribution >= 4 is 11.6 Å². The van der Waals surface area contributed by atoms with E-state index in [-0.39, 0.29) is 18.1 Å². The number of aromatic nitrogens is 1. The van der Waals surface area contributed by atoms with Crippen LogP contribution < -0.4 is 9.64 Å². The van der Waals surface area contributed by atoms with Crippen LogP contribution in [0.5, 0.6) is 5.88 Å². The van der Waals surface area contributed by atoms with E-state index in [9.17, 15) is 4.79 Å². The summed E-state index contributed by atoms with van der Waals surface area (Å²) >= 11 is 0. The zero-order chi connectivity index (χ0) is 16.5. The number of hydrogen-bond acceptors (Lipinski definition) is 4. The average Bonchev–Trinajstić information content (AvgIpc) is 2.61. The second-order valence-electron chi connectivity index (χ2n) is 6.27. The lowest BCUT2D eigenvalue weighted by atomic mass is 9.95. The van der Waals surface area contributed by atoms with E-state index in [1.807, 2.05) is 31.2 Å². The molecule has 2 aliphatic heterocycles. The molecule has 24 heavy (non-hydrogen) atoms. The number of amides is 1. The van der Waals surface area contributed by atoms with Gasteiger partial charge in [0.05, 0.1) is 25.7 Å². The Morgan fingerprint density at radius 1 is 1.29 bits per heavy atom. The molecule has 0 aliphatic carbocycles. The van der Waals surface area contributed by atoms with Crippen LogP contribution in [0.15, 0.2) is 42.6 Å². The average molecular weight is 324 g/mol. The number of carbonyl (C=O) groups is 1. The van der Waals surface area contributed by atoms with Crippen LogP contribution >= 0.6 is 0 Å². The van der Waals surface area contributed by atoms with Crippen LogP contribution in [0, 0.1) is 0 Å². The minimum atomic E-state index is -0.180. The topological polar surface area (TPSA) is 51.7 Å². The maximum atomic E-state index is 12.9. The van der Waals surface area contributed by atoms with Gasteiger partial charge in [0.2, 0.25) is 11.8 Å². The molecule has 0 bridgehead atoms. The van der Waals surface area contributed by atoms with Crippen LogP contribution in [0.1, 0.15) is 30.6 Å². The fourth-order valence-corrected chi connectivity index (χ4v) is 3.41. The molecule has 0 spiro atoms. The summed E-state index contributed by atoms with van der Waals surface area (Å²) in [5.41, 5.74) is 3.15. The van der Waals surface area contributed by atoms with Crippen molar-refractivity contribution in [2.24, 2.45) is 0 Å². The Hall–Kier alpha value is -2.40. The predicted octanol–water partition coefficient (Wildman–Crippen LogP) is 2.90. The smallest absolute Gasteiger partial charge is 0.238 e. The SMILES string of the molecule is CC1CN(C(=O)CC2OCCc3ccccc32)c2cccnc2O1. The Kier molecular flexibility index (Phi) is 3.94. The second-order valence-corrected chi connectivity index (χ2v) is 6.27. The molecule has 0 saturated heterocycles. The second kappa shape index (κ2) is 6.24. The molecular weight excluding hydrogens is 304 g/mol. The molecular formula is C19H20N2O3. The third kappa shape index (κ3) is 2.76. The van der Waals surface area contributed by atoms with Crippen LogP contribution in [0.2, 0.25) is 0 Å². The Bertz CT molecular complexity index is 762. The van der Waals surface area contributed by atoms with Gasteiger partial charge in [-0.1, -0.05) is 24.3 Å². The van der Waals surface area contributed by atoms with Crippen molar-refractivity contribution in [3.8, 4) is 5.88 Å². The highest BCUT2D eigenvalue weighted by molar-refractivity contribution is 5.95. The molecule has 1 aromatic heterocycles. The monoisotopic (exact) mass is 324 g/mol. The van der Waals surface area contributed by atoms with Crippen LogP contribution in [0.25, 0.3) is 0 Å².